The summed E-state index contributed by atoms with van der Waals surface area (Å²) in [7, 11) is 0. The SMILES string of the molecule is Nc1ccn([C@@]2(Cc3ccccc3)C[C@H](O)[C@@H](CO)O2)c(=O)n1. The molecule has 1 aromatic heterocycles. The lowest BCUT2D eigenvalue weighted by Crippen LogP contribution is -2.44. The standard InChI is InChI=1S/C16H19N3O4/c17-14-6-7-19(15(22)18-14)16(8-11-4-2-1-3-5-11)9-12(21)13(10-20)23-16/h1-7,12-13,20-21H,8-10H2,(H2,17,18,22)/t12-,13+,16+/m0/s1. The van der Waals surface area contributed by atoms with Crippen LogP contribution in [0, 0.1) is 0 Å². The number of hydrogen-bond donors (Lipinski definition) is 3. The fourth-order valence-electron chi connectivity index (χ4n) is 3.02. The first kappa shape index (κ1) is 15.7. The molecule has 2 heterocycles. The van der Waals surface area contributed by atoms with Crippen molar-refractivity contribution in [3.05, 3.63) is 58.6 Å². The van der Waals surface area contributed by atoms with E-state index in [1.54, 1.807) is 0 Å². The van der Waals surface area contributed by atoms with Crippen LogP contribution in [0.1, 0.15) is 12.0 Å². The van der Waals surface area contributed by atoms with Gasteiger partial charge in [-0.2, -0.15) is 4.98 Å². The minimum Gasteiger partial charge on any atom is -0.394 e. The summed E-state index contributed by atoms with van der Waals surface area (Å²) < 4.78 is 7.25. The molecule has 3 atom stereocenters. The minimum atomic E-state index is -1.11. The van der Waals surface area contributed by atoms with Crippen LogP contribution in [-0.4, -0.2) is 38.6 Å². The highest BCUT2D eigenvalue weighted by molar-refractivity contribution is 5.24. The molecule has 7 nitrogen and oxygen atoms in total. The Morgan fingerprint density at radius 1 is 1.35 bits per heavy atom. The Morgan fingerprint density at radius 3 is 2.70 bits per heavy atom. The molecule has 2 aromatic rings. The molecule has 0 saturated carbocycles. The molecule has 0 radical (unpaired) electrons. The number of nitrogen functional groups attached to an aromatic ring is 1. The number of aliphatic hydroxyl groups is 2. The molecule has 1 aliphatic rings. The van der Waals surface area contributed by atoms with Crippen LogP contribution in [-0.2, 0) is 16.9 Å². The maximum Gasteiger partial charge on any atom is 0.351 e. The highest BCUT2D eigenvalue weighted by atomic mass is 16.6. The minimum absolute atomic E-state index is 0.123. The average Bonchev–Trinajstić information content (AvgIpc) is 2.84. The number of rotatable bonds is 4. The second-order valence-electron chi connectivity index (χ2n) is 5.72. The molecule has 0 bridgehead atoms. The summed E-state index contributed by atoms with van der Waals surface area (Å²) in [6.45, 7) is -0.325. The number of benzene rings is 1. The van der Waals surface area contributed by atoms with Crippen molar-refractivity contribution in [2.75, 3.05) is 12.3 Å². The Morgan fingerprint density at radius 2 is 2.09 bits per heavy atom. The predicted molar refractivity (Wildman–Crippen MR) is 83.6 cm³/mol. The quantitative estimate of drug-likeness (QED) is 0.724. The van der Waals surface area contributed by atoms with E-state index in [0.717, 1.165) is 5.56 Å². The van der Waals surface area contributed by atoms with Crippen LogP contribution in [0.15, 0.2) is 47.4 Å². The van der Waals surface area contributed by atoms with Crippen LogP contribution in [0.3, 0.4) is 0 Å². The zero-order valence-electron chi connectivity index (χ0n) is 12.5. The molecule has 0 amide bonds. The van der Waals surface area contributed by atoms with Gasteiger partial charge in [-0.15, -0.1) is 0 Å². The number of hydrogen-bond acceptors (Lipinski definition) is 6. The number of anilines is 1. The summed E-state index contributed by atoms with van der Waals surface area (Å²) in [6, 6.07) is 11.0. The number of aliphatic hydroxyl groups excluding tert-OH is 2. The van der Waals surface area contributed by atoms with Crippen LogP contribution in [0.5, 0.6) is 0 Å². The molecular weight excluding hydrogens is 298 g/mol. The number of nitrogens with two attached hydrogens (primary N) is 1. The van der Waals surface area contributed by atoms with E-state index >= 15 is 0 Å². The van der Waals surface area contributed by atoms with E-state index in [1.165, 1.54) is 16.8 Å². The van der Waals surface area contributed by atoms with Gasteiger partial charge in [0.1, 0.15) is 11.9 Å². The van der Waals surface area contributed by atoms with Gasteiger partial charge < -0.3 is 20.7 Å². The Hall–Kier alpha value is -2.22. The highest BCUT2D eigenvalue weighted by Crippen LogP contribution is 2.37. The third-order valence-corrected chi connectivity index (χ3v) is 4.10. The van der Waals surface area contributed by atoms with Gasteiger partial charge in [-0.05, 0) is 11.6 Å². The van der Waals surface area contributed by atoms with Gasteiger partial charge in [0.15, 0.2) is 5.72 Å². The van der Waals surface area contributed by atoms with Crippen LogP contribution in [0.2, 0.25) is 0 Å². The molecule has 7 heteroatoms. The molecule has 4 N–H and O–H groups in total. The third kappa shape index (κ3) is 2.98. The summed E-state index contributed by atoms with van der Waals surface area (Å²) in [5.41, 5.74) is 4.84. The van der Waals surface area contributed by atoms with Gasteiger partial charge in [0.05, 0.1) is 12.7 Å². The maximum atomic E-state index is 12.3. The van der Waals surface area contributed by atoms with Crippen LogP contribution >= 0.6 is 0 Å². The van der Waals surface area contributed by atoms with E-state index in [4.69, 9.17) is 10.5 Å². The summed E-state index contributed by atoms with van der Waals surface area (Å²) in [5, 5.41) is 19.6. The Bertz CT molecular complexity index is 734. The Balaban J connectivity index is 2.05. The molecule has 0 spiro atoms. The zero-order chi connectivity index (χ0) is 16.4. The van der Waals surface area contributed by atoms with Crippen molar-refractivity contribution in [3.63, 3.8) is 0 Å². The summed E-state index contributed by atoms with van der Waals surface area (Å²) in [4.78, 5) is 16.0. The number of aromatic nitrogens is 2. The predicted octanol–water partition coefficient (Wildman–Crippen LogP) is -0.137. The molecule has 0 unspecified atom stereocenters. The van der Waals surface area contributed by atoms with E-state index in [9.17, 15) is 15.0 Å². The largest absolute Gasteiger partial charge is 0.394 e. The van der Waals surface area contributed by atoms with E-state index in [0.29, 0.717) is 6.42 Å². The first-order valence-electron chi connectivity index (χ1n) is 7.40. The van der Waals surface area contributed by atoms with Gasteiger partial charge >= 0.3 is 5.69 Å². The second-order valence-corrected chi connectivity index (χ2v) is 5.72. The van der Waals surface area contributed by atoms with Gasteiger partial charge in [-0.3, -0.25) is 4.57 Å². The van der Waals surface area contributed by atoms with Crippen molar-refractivity contribution >= 4 is 5.82 Å². The number of nitrogens with zero attached hydrogens (tertiary/aromatic N) is 2. The molecule has 1 aliphatic heterocycles. The second kappa shape index (κ2) is 6.11. The molecule has 0 aliphatic carbocycles. The third-order valence-electron chi connectivity index (χ3n) is 4.10. The first-order valence-corrected chi connectivity index (χ1v) is 7.40. The van der Waals surface area contributed by atoms with Crippen LogP contribution < -0.4 is 11.4 Å². The molecular formula is C16H19N3O4. The summed E-state index contributed by atoms with van der Waals surface area (Å²) in [5.74, 6) is 0.123. The molecule has 1 fully saturated rings. The lowest BCUT2D eigenvalue weighted by Gasteiger charge is -2.31. The summed E-state index contributed by atoms with van der Waals surface area (Å²) >= 11 is 0. The zero-order valence-corrected chi connectivity index (χ0v) is 12.5. The van der Waals surface area contributed by atoms with E-state index < -0.39 is 23.6 Å². The topological polar surface area (TPSA) is 111 Å². The lowest BCUT2D eigenvalue weighted by atomic mass is 9.97. The Labute approximate surface area is 133 Å². The van der Waals surface area contributed by atoms with Crippen molar-refractivity contribution < 1.29 is 14.9 Å². The maximum absolute atomic E-state index is 12.3. The number of ether oxygens (including phenoxy) is 1. The van der Waals surface area contributed by atoms with Crippen molar-refractivity contribution in [2.24, 2.45) is 0 Å². The molecule has 3 rings (SSSR count). The van der Waals surface area contributed by atoms with Gasteiger partial charge in [-0.25, -0.2) is 4.79 Å². The van der Waals surface area contributed by atoms with Crippen LogP contribution in [0.25, 0.3) is 0 Å². The fourth-order valence-corrected chi connectivity index (χ4v) is 3.02. The van der Waals surface area contributed by atoms with E-state index in [1.807, 2.05) is 30.3 Å². The van der Waals surface area contributed by atoms with E-state index in [2.05, 4.69) is 4.98 Å². The normalized spacial score (nSPS) is 27.2. The average molecular weight is 317 g/mol. The van der Waals surface area contributed by atoms with Gasteiger partial charge in [-0.1, -0.05) is 30.3 Å². The van der Waals surface area contributed by atoms with Crippen LogP contribution in [0.4, 0.5) is 5.82 Å². The summed E-state index contributed by atoms with van der Waals surface area (Å²) in [6.07, 6.45) is 0.447. The molecule has 1 saturated heterocycles. The van der Waals surface area contributed by atoms with Crippen molar-refractivity contribution in [1.82, 2.24) is 9.55 Å². The molecule has 23 heavy (non-hydrogen) atoms. The van der Waals surface area contributed by atoms with Crippen molar-refractivity contribution in [1.29, 1.82) is 0 Å². The van der Waals surface area contributed by atoms with Gasteiger partial charge in [0.2, 0.25) is 0 Å². The first-order chi connectivity index (χ1) is 11.0. The fraction of sp³-hybridized carbons (Fsp3) is 0.375. The van der Waals surface area contributed by atoms with Crippen molar-refractivity contribution in [2.45, 2.75) is 30.8 Å². The smallest absolute Gasteiger partial charge is 0.351 e. The Kier molecular flexibility index (Phi) is 4.16. The molecule has 122 valence electrons. The van der Waals surface area contributed by atoms with E-state index in [-0.39, 0.29) is 18.8 Å². The highest BCUT2D eigenvalue weighted by Gasteiger charge is 2.47. The van der Waals surface area contributed by atoms with Gasteiger partial charge in [0.25, 0.3) is 0 Å². The molecule has 1 aromatic carbocycles. The van der Waals surface area contributed by atoms with Crippen molar-refractivity contribution in [3.8, 4) is 0 Å². The monoisotopic (exact) mass is 317 g/mol. The lowest BCUT2D eigenvalue weighted by molar-refractivity contribution is -0.119. The van der Waals surface area contributed by atoms with Gasteiger partial charge in [0, 0.05) is 19.0 Å².